The van der Waals surface area contributed by atoms with Crippen molar-refractivity contribution in [2.45, 2.75) is 18.9 Å². The summed E-state index contributed by atoms with van der Waals surface area (Å²) in [6, 6.07) is 8.18. The molecular formula is C19H17N7O. The number of hydrogen-bond acceptors (Lipinski definition) is 5. The van der Waals surface area contributed by atoms with E-state index >= 15 is 0 Å². The third-order valence-corrected chi connectivity index (χ3v) is 4.72. The lowest BCUT2D eigenvalue weighted by Gasteiger charge is -2.06. The zero-order valence-corrected chi connectivity index (χ0v) is 14.7. The minimum absolute atomic E-state index is 0.238. The Balaban J connectivity index is 1.42. The van der Waals surface area contributed by atoms with Crippen molar-refractivity contribution in [3.8, 4) is 11.3 Å². The van der Waals surface area contributed by atoms with E-state index in [0.717, 1.165) is 35.0 Å². The summed E-state index contributed by atoms with van der Waals surface area (Å²) in [5, 5.41) is 16.3. The summed E-state index contributed by atoms with van der Waals surface area (Å²) in [5.41, 5.74) is 3.32. The first-order chi connectivity index (χ1) is 13.2. The van der Waals surface area contributed by atoms with Crippen LogP contribution in [-0.4, -0.2) is 35.4 Å². The number of hydrogen-bond donors (Lipinski definition) is 1. The van der Waals surface area contributed by atoms with Gasteiger partial charge in [-0.25, -0.2) is 4.98 Å². The summed E-state index contributed by atoms with van der Waals surface area (Å²) in [6.07, 6.45) is 9.19. The Labute approximate surface area is 154 Å². The van der Waals surface area contributed by atoms with Gasteiger partial charge in [-0.2, -0.15) is 5.10 Å². The first kappa shape index (κ1) is 15.7. The SMILES string of the molecule is Cn1cncc1-c1ccc2nnc(NC(=O)c3cnn(C4CC4)c3)cc2c1. The molecule has 8 nitrogen and oxygen atoms in total. The molecule has 3 aromatic heterocycles. The van der Waals surface area contributed by atoms with Crippen molar-refractivity contribution < 1.29 is 4.79 Å². The van der Waals surface area contributed by atoms with E-state index in [1.54, 1.807) is 18.7 Å². The van der Waals surface area contributed by atoms with Crippen molar-refractivity contribution in [2.75, 3.05) is 5.32 Å². The minimum atomic E-state index is -0.238. The fraction of sp³-hybridized carbons (Fsp3) is 0.211. The third kappa shape index (κ3) is 2.95. The molecule has 1 saturated carbocycles. The first-order valence-electron chi connectivity index (χ1n) is 8.77. The number of nitrogens with zero attached hydrogens (tertiary/aromatic N) is 6. The van der Waals surface area contributed by atoms with Gasteiger partial charge in [0.1, 0.15) is 0 Å². The molecule has 3 heterocycles. The Bertz CT molecular complexity index is 1160. The molecule has 134 valence electrons. The summed E-state index contributed by atoms with van der Waals surface area (Å²) in [7, 11) is 1.95. The lowest BCUT2D eigenvalue weighted by molar-refractivity contribution is 0.102. The summed E-state index contributed by atoms with van der Waals surface area (Å²) in [4.78, 5) is 16.6. The van der Waals surface area contributed by atoms with Crippen LogP contribution in [0.25, 0.3) is 22.2 Å². The van der Waals surface area contributed by atoms with Crippen molar-refractivity contribution >= 4 is 22.6 Å². The second-order valence-corrected chi connectivity index (χ2v) is 6.79. The van der Waals surface area contributed by atoms with E-state index in [1.807, 2.05) is 46.8 Å². The van der Waals surface area contributed by atoms with E-state index in [0.29, 0.717) is 17.4 Å². The summed E-state index contributed by atoms with van der Waals surface area (Å²) in [5.74, 6) is 0.173. The van der Waals surface area contributed by atoms with Gasteiger partial charge in [0.15, 0.2) is 5.82 Å². The van der Waals surface area contributed by atoms with E-state index in [9.17, 15) is 4.79 Å². The van der Waals surface area contributed by atoms with Crippen LogP contribution in [0.5, 0.6) is 0 Å². The molecule has 0 unspecified atom stereocenters. The Morgan fingerprint density at radius 2 is 2.07 bits per heavy atom. The number of carbonyl (C=O) groups excluding carboxylic acids is 1. The predicted octanol–water partition coefficient (Wildman–Crippen LogP) is 2.81. The molecule has 0 saturated heterocycles. The van der Waals surface area contributed by atoms with Crippen LogP contribution in [0, 0.1) is 0 Å². The number of aryl methyl sites for hydroxylation is 1. The maximum absolute atomic E-state index is 12.5. The van der Waals surface area contributed by atoms with Gasteiger partial charge in [-0.05, 0) is 31.0 Å². The van der Waals surface area contributed by atoms with Crippen LogP contribution >= 0.6 is 0 Å². The molecule has 0 aliphatic heterocycles. The van der Waals surface area contributed by atoms with Crippen LogP contribution < -0.4 is 5.32 Å². The van der Waals surface area contributed by atoms with Crippen LogP contribution in [-0.2, 0) is 7.05 Å². The molecule has 5 rings (SSSR count). The highest BCUT2D eigenvalue weighted by Gasteiger charge is 2.25. The second kappa shape index (κ2) is 6.01. The Kier molecular flexibility index (Phi) is 3.49. The van der Waals surface area contributed by atoms with Gasteiger partial charge in [0, 0.05) is 24.2 Å². The molecule has 8 heteroatoms. The number of imidazole rings is 1. The van der Waals surface area contributed by atoms with Crippen LogP contribution in [0.15, 0.2) is 49.2 Å². The van der Waals surface area contributed by atoms with Gasteiger partial charge in [-0.3, -0.25) is 9.48 Å². The van der Waals surface area contributed by atoms with Gasteiger partial charge >= 0.3 is 0 Å². The molecule has 0 spiro atoms. The van der Waals surface area contributed by atoms with E-state index in [4.69, 9.17) is 0 Å². The van der Waals surface area contributed by atoms with Crippen molar-refractivity contribution in [3.05, 3.63) is 54.7 Å². The average molecular weight is 359 g/mol. The molecule has 1 N–H and O–H groups in total. The van der Waals surface area contributed by atoms with Crippen molar-refractivity contribution in [2.24, 2.45) is 7.05 Å². The number of aromatic nitrogens is 6. The number of rotatable bonds is 4. The molecule has 0 atom stereocenters. The third-order valence-electron chi connectivity index (χ3n) is 4.72. The molecule has 1 aromatic carbocycles. The van der Waals surface area contributed by atoms with Gasteiger partial charge in [0.05, 0.1) is 41.5 Å². The zero-order valence-electron chi connectivity index (χ0n) is 14.7. The topological polar surface area (TPSA) is 90.5 Å². The normalized spacial score (nSPS) is 13.8. The van der Waals surface area contributed by atoms with Crippen molar-refractivity contribution in [3.63, 3.8) is 0 Å². The average Bonchev–Trinajstić information content (AvgIpc) is 3.24. The summed E-state index contributed by atoms with van der Waals surface area (Å²) < 4.78 is 3.80. The number of amides is 1. The number of nitrogens with one attached hydrogen (secondary N) is 1. The molecule has 27 heavy (non-hydrogen) atoms. The molecular weight excluding hydrogens is 342 g/mol. The first-order valence-corrected chi connectivity index (χ1v) is 8.77. The van der Waals surface area contributed by atoms with Crippen LogP contribution in [0.1, 0.15) is 29.2 Å². The van der Waals surface area contributed by atoms with Gasteiger partial charge in [0.25, 0.3) is 5.91 Å². The molecule has 1 fully saturated rings. The quantitative estimate of drug-likeness (QED) is 0.605. The Morgan fingerprint density at radius 3 is 2.85 bits per heavy atom. The lowest BCUT2D eigenvalue weighted by atomic mass is 10.1. The largest absolute Gasteiger partial charge is 0.334 e. The van der Waals surface area contributed by atoms with Gasteiger partial charge in [-0.1, -0.05) is 6.07 Å². The van der Waals surface area contributed by atoms with Crippen molar-refractivity contribution in [1.82, 2.24) is 29.5 Å². The van der Waals surface area contributed by atoms with E-state index < -0.39 is 0 Å². The summed E-state index contributed by atoms with van der Waals surface area (Å²) >= 11 is 0. The zero-order chi connectivity index (χ0) is 18.4. The van der Waals surface area contributed by atoms with E-state index in [1.165, 1.54) is 0 Å². The molecule has 1 amide bonds. The summed E-state index contributed by atoms with van der Waals surface area (Å²) in [6.45, 7) is 0. The van der Waals surface area contributed by atoms with Gasteiger partial charge in [0.2, 0.25) is 0 Å². The van der Waals surface area contributed by atoms with Crippen LogP contribution in [0.4, 0.5) is 5.82 Å². The molecule has 4 aromatic rings. The standard InChI is InChI=1S/C19H17N7O/c1-25-11-20-9-17(25)12-2-5-16-13(6-12)7-18(24-23-16)22-19(27)14-8-21-26(10-14)15-3-4-15/h2,5-11,15H,3-4H2,1H3,(H,22,24,27). The fourth-order valence-electron chi connectivity index (χ4n) is 3.08. The van der Waals surface area contributed by atoms with E-state index in [-0.39, 0.29) is 5.91 Å². The number of anilines is 1. The number of benzene rings is 1. The molecule has 0 radical (unpaired) electrons. The lowest BCUT2D eigenvalue weighted by Crippen LogP contribution is -2.12. The molecule has 1 aliphatic rings. The smallest absolute Gasteiger partial charge is 0.260 e. The number of carbonyl (C=O) groups is 1. The predicted molar refractivity (Wildman–Crippen MR) is 100 cm³/mol. The molecule has 1 aliphatic carbocycles. The number of fused-ring (bicyclic) bond motifs is 1. The second-order valence-electron chi connectivity index (χ2n) is 6.79. The van der Waals surface area contributed by atoms with Crippen LogP contribution in [0.2, 0.25) is 0 Å². The fourth-order valence-corrected chi connectivity index (χ4v) is 3.08. The highest BCUT2D eigenvalue weighted by Crippen LogP contribution is 2.34. The highest BCUT2D eigenvalue weighted by atomic mass is 16.1. The van der Waals surface area contributed by atoms with Gasteiger partial charge < -0.3 is 9.88 Å². The molecule has 0 bridgehead atoms. The minimum Gasteiger partial charge on any atom is -0.334 e. The van der Waals surface area contributed by atoms with Crippen LogP contribution in [0.3, 0.4) is 0 Å². The van der Waals surface area contributed by atoms with Gasteiger partial charge in [-0.15, -0.1) is 10.2 Å². The Hall–Kier alpha value is -3.55. The van der Waals surface area contributed by atoms with E-state index in [2.05, 4.69) is 25.6 Å². The maximum Gasteiger partial charge on any atom is 0.260 e. The maximum atomic E-state index is 12.5. The monoisotopic (exact) mass is 359 g/mol. The van der Waals surface area contributed by atoms with Crippen molar-refractivity contribution in [1.29, 1.82) is 0 Å². The highest BCUT2D eigenvalue weighted by molar-refractivity contribution is 6.04. The Morgan fingerprint density at radius 1 is 1.19 bits per heavy atom.